The molecule has 2 heterocycles. The van der Waals surface area contributed by atoms with Crippen LogP contribution in [-0.4, -0.2) is 13.2 Å². The minimum absolute atomic E-state index is 0.386. The lowest BCUT2D eigenvalue weighted by atomic mass is 10.1. The first-order chi connectivity index (χ1) is 9.81. The van der Waals surface area contributed by atoms with Crippen LogP contribution in [-0.2, 0) is 0 Å². The number of ether oxygens (including phenoxy) is 2. The number of benzene rings is 1. The Labute approximate surface area is 125 Å². The quantitative estimate of drug-likeness (QED) is 0.783. The molecule has 1 aliphatic rings. The third-order valence-electron chi connectivity index (χ3n) is 2.90. The maximum atomic E-state index is 9.38. The van der Waals surface area contributed by atoms with Crippen LogP contribution in [0.2, 0.25) is 0 Å². The first kappa shape index (κ1) is 13.0. The van der Waals surface area contributed by atoms with Gasteiger partial charge < -0.3 is 9.47 Å². The van der Waals surface area contributed by atoms with E-state index in [0.717, 1.165) is 4.88 Å². The Balaban J connectivity index is 2.15. The molecule has 20 heavy (non-hydrogen) atoms. The largest absolute Gasteiger partial charge is 0.486 e. The van der Waals surface area contributed by atoms with Crippen LogP contribution in [0.4, 0.5) is 0 Å². The molecule has 0 atom stereocenters. The van der Waals surface area contributed by atoms with Crippen molar-refractivity contribution in [2.45, 2.75) is 0 Å². The summed E-state index contributed by atoms with van der Waals surface area (Å²) in [7, 11) is 0. The van der Waals surface area contributed by atoms with Crippen LogP contribution in [0.1, 0.15) is 10.4 Å². The smallest absolute Gasteiger partial charge is 0.170 e. The van der Waals surface area contributed by atoms with Gasteiger partial charge in [-0.1, -0.05) is 23.7 Å². The maximum Gasteiger partial charge on any atom is 0.170 e. The fourth-order valence-electron chi connectivity index (χ4n) is 2.01. The number of thiophene rings is 1. The molecule has 0 saturated carbocycles. The van der Waals surface area contributed by atoms with E-state index in [4.69, 9.17) is 21.1 Å². The van der Waals surface area contributed by atoms with E-state index in [9.17, 15) is 5.26 Å². The average Bonchev–Trinajstić information content (AvgIpc) is 3.01. The van der Waals surface area contributed by atoms with E-state index >= 15 is 0 Å². The molecule has 1 aliphatic heterocycles. The predicted octanol–water partition coefficient (Wildman–Crippen LogP) is 4.15. The van der Waals surface area contributed by atoms with Gasteiger partial charge in [0, 0.05) is 10.4 Å². The summed E-state index contributed by atoms with van der Waals surface area (Å²) in [5, 5.41) is 11.7. The van der Waals surface area contributed by atoms with Gasteiger partial charge in [-0.2, -0.15) is 5.26 Å². The van der Waals surface area contributed by atoms with Crippen LogP contribution < -0.4 is 9.47 Å². The van der Waals surface area contributed by atoms with Gasteiger partial charge in [0.1, 0.15) is 19.3 Å². The molecule has 1 aromatic heterocycles. The molecule has 0 bridgehead atoms. The van der Waals surface area contributed by atoms with Crippen molar-refractivity contribution in [3.63, 3.8) is 0 Å². The summed E-state index contributed by atoms with van der Waals surface area (Å²) in [6.07, 6.45) is 0. The van der Waals surface area contributed by atoms with Crippen LogP contribution in [0.5, 0.6) is 11.5 Å². The van der Waals surface area contributed by atoms with Crippen molar-refractivity contribution in [1.82, 2.24) is 0 Å². The highest BCUT2D eigenvalue weighted by atomic mass is 35.5. The zero-order valence-electron chi connectivity index (χ0n) is 10.4. The van der Waals surface area contributed by atoms with Gasteiger partial charge in [-0.05, 0) is 23.6 Å². The molecule has 3 nitrogen and oxygen atoms in total. The third kappa shape index (κ3) is 2.26. The van der Waals surface area contributed by atoms with Gasteiger partial charge in [0.2, 0.25) is 0 Å². The van der Waals surface area contributed by atoms with Gasteiger partial charge >= 0.3 is 0 Å². The summed E-state index contributed by atoms with van der Waals surface area (Å²) in [6.45, 7) is 1.00. The van der Waals surface area contributed by atoms with Crippen LogP contribution in [0.25, 0.3) is 10.6 Å². The van der Waals surface area contributed by atoms with Crippen molar-refractivity contribution in [3.8, 4) is 17.6 Å². The number of halogens is 1. The van der Waals surface area contributed by atoms with Crippen molar-refractivity contribution in [2.24, 2.45) is 0 Å². The lowest BCUT2D eigenvalue weighted by Gasteiger charge is -2.20. The Kier molecular flexibility index (Phi) is 3.64. The van der Waals surface area contributed by atoms with E-state index in [1.807, 2.05) is 35.7 Å². The third-order valence-corrected chi connectivity index (χ3v) is 4.18. The summed E-state index contributed by atoms with van der Waals surface area (Å²) >= 11 is 7.91. The zero-order chi connectivity index (χ0) is 13.9. The Morgan fingerprint density at radius 3 is 2.80 bits per heavy atom. The first-order valence-electron chi connectivity index (χ1n) is 6.04. The van der Waals surface area contributed by atoms with Gasteiger partial charge in [0.25, 0.3) is 0 Å². The SMILES string of the molecule is N#CC(=C(Cl)c1cccc2c1OCCO2)c1cccs1. The number of hydrogen-bond acceptors (Lipinski definition) is 4. The molecule has 2 aromatic rings. The molecule has 1 aromatic carbocycles. The lowest BCUT2D eigenvalue weighted by Crippen LogP contribution is -2.16. The number of nitrogens with zero attached hydrogens (tertiary/aromatic N) is 1. The second-order valence-electron chi connectivity index (χ2n) is 4.11. The predicted molar refractivity (Wildman–Crippen MR) is 80.0 cm³/mol. The molecule has 0 saturated heterocycles. The number of allylic oxidation sites excluding steroid dienone is 1. The van der Waals surface area contributed by atoms with E-state index in [1.165, 1.54) is 11.3 Å². The van der Waals surface area contributed by atoms with Gasteiger partial charge in [0.05, 0.1) is 10.6 Å². The zero-order valence-corrected chi connectivity index (χ0v) is 12.0. The average molecular weight is 304 g/mol. The van der Waals surface area contributed by atoms with Crippen LogP contribution >= 0.6 is 22.9 Å². The van der Waals surface area contributed by atoms with Crippen LogP contribution in [0, 0.1) is 11.3 Å². The van der Waals surface area contributed by atoms with E-state index in [-0.39, 0.29) is 0 Å². The maximum absolute atomic E-state index is 9.38. The second-order valence-corrected chi connectivity index (χ2v) is 5.43. The topological polar surface area (TPSA) is 42.2 Å². The molecular weight excluding hydrogens is 294 g/mol. The van der Waals surface area contributed by atoms with E-state index < -0.39 is 0 Å². The van der Waals surface area contributed by atoms with Crippen LogP contribution in [0.15, 0.2) is 35.7 Å². The van der Waals surface area contributed by atoms with Gasteiger partial charge in [-0.15, -0.1) is 11.3 Å². The highest BCUT2D eigenvalue weighted by molar-refractivity contribution is 7.11. The number of rotatable bonds is 2. The molecule has 0 N–H and O–H groups in total. The molecule has 0 amide bonds. The van der Waals surface area contributed by atoms with E-state index in [1.54, 1.807) is 0 Å². The molecular formula is C15H10ClNO2S. The number of para-hydroxylation sites is 1. The fourth-order valence-corrected chi connectivity index (χ4v) is 3.09. The fraction of sp³-hybridized carbons (Fsp3) is 0.133. The van der Waals surface area contributed by atoms with Crippen LogP contribution in [0.3, 0.4) is 0 Å². The molecule has 0 aliphatic carbocycles. The summed E-state index contributed by atoms with van der Waals surface area (Å²) < 4.78 is 11.2. The second kappa shape index (κ2) is 5.58. The molecule has 3 rings (SSSR count). The molecule has 0 spiro atoms. The minimum Gasteiger partial charge on any atom is -0.486 e. The highest BCUT2D eigenvalue weighted by Gasteiger charge is 2.20. The summed E-state index contributed by atoms with van der Waals surface area (Å²) in [5.41, 5.74) is 1.14. The lowest BCUT2D eigenvalue weighted by molar-refractivity contribution is 0.171. The molecule has 0 radical (unpaired) electrons. The van der Waals surface area contributed by atoms with Crippen molar-refractivity contribution in [1.29, 1.82) is 5.26 Å². The number of hydrogen-bond donors (Lipinski definition) is 0. The Hall–Kier alpha value is -1.96. The van der Waals surface area contributed by atoms with Gasteiger partial charge in [-0.25, -0.2) is 0 Å². The summed E-state index contributed by atoms with van der Waals surface area (Å²) in [6, 6.07) is 11.4. The normalized spacial score (nSPS) is 14.4. The molecule has 5 heteroatoms. The summed E-state index contributed by atoms with van der Waals surface area (Å²) in [4.78, 5) is 0.840. The Bertz CT molecular complexity index is 701. The monoisotopic (exact) mass is 303 g/mol. The molecule has 0 unspecified atom stereocenters. The number of nitriles is 1. The summed E-state index contributed by atoms with van der Waals surface area (Å²) in [5.74, 6) is 1.27. The first-order valence-corrected chi connectivity index (χ1v) is 7.29. The van der Waals surface area contributed by atoms with Crippen molar-refractivity contribution in [3.05, 3.63) is 46.2 Å². The van der Waals surface area contributed by atoms with Crippen molar-refractivity contribution >= 4 is 33.5 Å². The van der Waals surface area contributed by atoms with Crippen molar-refractivity contribution < 1.29 is 9.47 Å². The Morgan fingerprint density at radius 1 is 1.20 bits per heavy atom. The highest BCUT2D eigenvalue weighted by Crippen LogP contribution is 2.41. The van der Waals surface area contributed by atoms with E-state index in [2.05, 4.69) is 6.07 Å². The van der Waals surface area contributed by atoms with Gasteiger partial charge in [0.15, 0.2) is 11.5 Å². The van der Waals surface area contributed by atoms with E-state index in [0.29, 0.717) is 40.9 Å². The van der Waals surface area contributed by atoms with Gasteiger partial charge in [-0.3, -0.25) is 0 Å². The minimum atomic E-state index is 0.386. The Morgan fingerprint density at radius 2 is 2.05 bits per heavy atom. The number of fused-ring (bicyclic) bond motifs is 1. The van der Waals surface area contributed by atoms with Crippen molar-refractivity contribution in [2.75, 3.05) is 13.2 Å². The standard InChI is InChI=1S/C15H10ClNO2S/c16-14(11(9-17)13-5-2-8-20-13)10-3-1-4-12-15(10)19-7-6-18-12/h1-5,8H,6-7H2. The molecule has 0 fully saturated rings. The molecule has 100 valence electrons.